The van der Waals surface area contributed by atoms with Crippen LogP contribution in [0, 0.1) is 5.82 Å². The fraction of sp³-hybridized carbons (Fsp3) is 0.385. The molecule has 0 saturated carbocycles. The number of halogens is 4. The minimum absolute atomic E-state index is 0.129. The highest BCUT2D eigenvalue weighted by molar-refractivity contribution is 7.88. The summed E-state index contributed by atoms with van der Waals surface area (Å²) >= 11 is 0. The molecule has 0 aliphatic carbocycles. The van der Waals surface area contributed by atoms with E-state index in [2.05, 4.69) is 19.4 Å². The molecule has 6 nitrogen and oxygen atoms in total. The summed E-state index contributed by atoms with van der Waals surface area (Å²) in [6.07, 6.45) is -4.84. The van der Waals surface area contributed by atoms with Crippen molar-refractivity contribution in [1.82, 2.24) is 14.9 Å². The van der Waals surface area contributed by atoms with Crippen molar-refractivity contribution < 1.29 is 30.5 Å². The molecule has 1 heterocycles. The number of benzene rings is 1. The number of hydrogen-bond acceptors (Lipinski definition) is 5. The van der Waals surface area contributed by atoms with Gasteiger partial charge in [0.1, 0.15) is 5.82 Å². The second kappa shape index (κ2) is 6.48. The molecule has 11 heteroatoms. The summed E-state index contributed by atoms with van der Waals surface area (Å²) in [6, 6.07) is 2.94. The van der Waals surface area contributed by atoms with Crippen molar-refractivity contribution in [2.24, 2.45) is 0 Å². The molecule has 0 saturated heterocycles. The van der Waals surface area contributed by atoms with E-state index in [0.29, 0.717) is 0 Å². The Hall–Kier alpha value is -2.01. The molecule has 0 bridgehead atoms. The lowest BCUT2D eigenvalue weighted by Gasteiger charge is -2.10. The molecular weight excluding hydrogens is 354 g/mol. The molecule has 0 radical (unpaired) electrons. The SMILES string of the molecule is CC(C)NS(=O)(=O)Cc1ccc(-c2noc(C(F)(F)F)n2)c(F)c1. The molecule has 0 atom stereocenters. The third-order valence-electron chi connectivity index (χ3n) is 2.71. The Bertz CT molecular complexity index is 831. The first kappa shape index (κ1) is 18.3. The molecular formula is C13H13F4N3O3S. The second-order valence-corrected chi connectivity index (χ2v) is 7.02. The average molecular weight is 367 g/mol. The van der Waals surface area contributed by atoms with Gasteiger partial charge in [-0.25, -0.2) is 17.5 Å². The highest BCUT2D eigenvalue weighted by Crippen LogP contribution is 2.30. The molecule has 1 aromatic carbocycles. The first-order valence-corrected chi connectivity index (χ1v) is 8.33. The average Bonchev–Trinajstić information content (AvgIpc) is 2.85. The number of nitrogens with zero attached hydrogens (tertiary/aromatic N) is 2. The van der Waals surface area contributed by atoms with Gasteiger partial charge in [0.2, 0.25) is 15.8 Å². The smallest absolute Gasteiger partial charge is 0.329 e. The van der Waals surface area contributed by atoms with Crippen LogP contribution in [0.5, 0.6) is 0 Å². The summed E-state index contributed by atoms with van der Waals surface area (Å²) in [5.74, 6) is -3.59. The summed E-state index contributed by atoms with van der Waals surface area (Å²) in [6.45, 7) is 3.27. The number of rotatable bonds is 5. The molecule has 0 aliphatic heterocycles. The highest BCUT2D eigenvalue weighted by Gasteiger charge is 2.38. The lowest BCUT2D eigenvalue weighted by atomic mass is 10.1. The minimum Gasteiger partial charge on any atom is -0.329 e. The van der Waals surface area contributed by atoms with E-state index in [0.717, 1.165) is 12.1 Å². The molecule has 0 amide bonds. The number of nitrogens with one attached hydrogen (secondary N) is 1. The Morgan fingerprint density at radius 1 is 1.29 bits per heavy atom. The van der Waals surface area contributed by atoms with Gasteiger partial charge in [0.15, 0.2) is 0 Å². The largest absolute Gasteiger partial charge is 0.471 e. The van der Waals surface area contributed by atoms with Crippen LogP contribution in [0.15, 0.2) is 22.7 Å². The van der Waals surface area contributed by atoms with Gasteiger partial charge in [-0.1, -0.05) is 11.2 Å². The van der Waals surface area contributed by atoms with Crippen LogP contribution in [0.3, 0.4) is 0 Å². The Morgan fingerprint density at radius 3 is 2.46 bits per heavy atom. The molecule has 0 spiro atoms. The van der Waals surface area contributed by atoms with Gasteiger partial charge in [0.25, 0.3) is 0 Å². The van der Waals surface area contributed by atoms with Gasteiger partial charge in [0, 0.05) is 6.04 Å². The van der Waals surface area contributed by atoms with Crippen molar-refractivity contribution in [3.63, 3.8) is 0 Å². The molecule has 1 N–H and O–H groups in total. The predicted octanol–water partition coefficient (Wildman–Crippen LogP) is 2.72. The van der Waals surface area contributed by atoms with Gasteiger partial charge in [0.05, 0.1) is 11.3 Å². The maximum atomic E-state index is 14.1. The van der Waals surface area contributed by atoms with Crippen molar-refractivity contribution in [1.29, 1.82) is 0 Å². The van der Waals surface area contributed by atoms with Crippen molar-refractivity contribution in [2.75, 3.05) is 0 Å². The van der Waals surface area contributed by atoms with Crippen LogP contribution < -0.4 is 4.72 Å². The Labute approximate surface area is 134 Å². The molecule has 1 aromatic heterocycles. The third-order valence-corrected chi connectivity index (χ3v) is 4.26. The monoisotopic (exact) mass is 367 g/mol. The first-order chi connectivity index (χ1) is 11.0. The molecule has 0 aliphatic rings. The van der Waals surface area contributed by atoms with Crippen molar-refractivity contribution in [2.45, 2.75) is 31.8 Å². The second-order valence-electron chi connectivity index (χ2n) is 5.27. The van der Waals surface area contributed by atoms with Crippen LogP contribution in [-0.2, 0) is 22.0 Å². The van der Waals surface area contributed by atoms with E-state index < -0.39 is 39.5 Å². The van der Waals surface area contributed by atoms with Gasteiger partial charge in [-0.05, 0) is 31.5 Å². The first-order valence-electron chi connectivity index (χ1n) is 6.67. The topological polar surface area (TPSA) is 85.1 Å². The number of alkyl halides is 3. The Balaban J connectivity index is 2.26. The van der Waals surface area contributed by atoms with E-state index >= 15 is 0 Å². The zero-order valence-corrected chi connectivity index (χ0v) is 13.4. The van der Waals surface area contributed by atoms with E-state index in [1.165, 1.54) is 6.07 Å². The van der Waals surface area contributed by atoms with E-state index in [-0.39, 0.29) is 17.2 Å². The van der Waals surface area contributed by atoms with Gasteiger partial charge >= 0.3 is 12.1 Å². The van der Waals surface area contributed by atoms with Crippen LogP contribution >= 0.6 is 0 Å². The molecule has 132 valence electrons. The third kappa shape index (κ3) is 4.51. The van der Waals surface area contributed by atoms with Crippen LogP contribution in [0.4, 0.5) is 17.6 Å². The fourth-order valence-electron chi connectivity index (χ4n) is 1.90. The van der Waals surface area contributed by atoms with E-state index in [9.17, 15) is 26.0 Å². The van der Waals surface area contributed by atoms with Crippen LogP contribution in [0.2, 0.25) is 0 Å². The molecule has 24 heavy (non-hydrogen) atoms. The highest BCUT2D eigenvalue weighted by atomic mass is 32.2. The van der Waals surface area contributed by atoms with E-state index in [1.54, 1.807) is 13.8 Å². The molecule has 0 fully saturated rings. The van der Waals surface area contributed by atoms with Gasteiger partial charge < -0.3 is 4.52 Å². The molecule has 0 unspecified atom stereocenters. The number of aromatic nitrogens is 2. The van der Waals surface area contributed by atoms with Crippen LogP contribution in [0.1, 0.15) is 25.3 Å². The normalized spacial score (nSPS) is 12.8. The predicted molar refractivity (Wildman–Crippen MR) is 75.6 cm³/mol. The zero-order chi connectivity index (χ0) is 18.1. The van der Waals surface area contributed by atoms with Crippen LogP contribution in [0.25, 0.3) is 11.4 Å². The lowest BCUT2D eigenvalue weighted by molar-refractivity contribution is -0.159. The summed E-state index contributed by atoms with van der Waals surface area (Å²) < 4.78 is 81.2. The van der Waals surface area contributed by atoms with Gasteiger partial charge in [-0.3, -0.25) is 0 Å². The zero-order valence-electron chi connectivity index (χ0n) is 12.6. The quantitative estimate of drug-likeness (QED) is 0.822. The minimum atomic E-state index is -4.84. The fourth-order valence-corrected chi connectivity index (χ4v) is 3.32. The lowest BCUT2D eigenvalue weighted by Crippen LogP contribution is -2.31. The number of hydrogen-bond donors (Lipinski definition) is 1. The van der Waals surface area contributed by atoms with Crippen molar-refractivity contribution >= 4 is 10.0 Å². The van der Waals surface area contributed by atoms with E-state index in [4.69, 9.17) is 0 Å². The van der Waals surface area contributed by atoms with Crippen molar-refractivity contribution in [3.05, 3.63) is 35.5 Å². The summed E-state index contributed by atoms with van der Waals surface area (Å²) in [5.41, 5.74) is -0.198. The maximum absolute atomic E-state index is 14.1. The van der Waals surface area contributed by atoms with Crippen molar-refractivity contribution in [3.8, 4) is 11.4 Å². The van der Waals surface area contributed by atoms with Gasteiger partial charge in [-0.15, -0.1) is 0 Å². The standard InChI is InChI=1S/C13H13F4N3O3S/c1-7(2)20-24(21,22)6-8-3-4-9(10(14)5-8)11-18-12(23-19-11)13(15,16)17/h3-5,7,20H,6H2,1-2H3. The Kier molecular flexibility index (Phi) is 4.95. The van der Waals surface area contributed by atoms with Gasteiger partial charge in [-0.2, -0.15) is 18.2 Å². The maximum Gasteiger partial charge on any atom is 0.471 e. The number of sulfonamides is 1. The summed E-state index contributed by atoms with van der Waals surface area (Å²) in [5, 5.41) is 3.08. The summed E-state index contributed by atoms with van der Waals surface area (Å²) in [7, 11) is -3.66. The molecule has 2 aromatic rings. The Morgan fingerprint density at radius 2 is 1.96 bits per heavy atom. The van der Waals surface area contributed by atoms with Crippen LogP contribution in [-0.4, -0.2) is 24.6 Å². The summed E-state index contributed by atoms with van der Waals surface area (Å²) in [4.78, 5) is 3.08. The molecule has 2 rings (SSSR count). The van der Waals surface area contributed by atoms with E-state index in [1.807, 2.05) is 0 Å².